The average molecular weight is 498 g/mol. The number of aliphatic hydroxyl groups excluding tert-OH is 1. The zero-order chi connectivity index (χ0) is 26.1. The van der Waals surface area contributed by atoms with Crippen LogP contribution in [-0.2, 0) is 30.9 Å². The molecule has 0 atom stereocenters. The first kappa shape index (κ1) is 26.6. The minimum absolute atomic E-state index is 0.0230. The van der Waals surface area contributed by atoms with Crippen LogP contribution in [0.3, 0.4) is 0 Å². The van der Waals surface area contributed by atoms with Crippen LogP contribution in [0.25, 0.3) is 0 Å². The molecule has 0 aliphatic heterocycles. The van der Waals surface area contributed by atoms with Gasteiger partial charge in [0.05, 0.1) is 21.3 Å². The fourth-order valence-electron chi connectivity index (χ4n) is 3.64. The number of nitrogens with zero attached hydrogens (tertiary/aromatic N) is 2. The third-order valence-corrected chi connectivity index (χ3v) is 5.58. The van der Waals surface area contributed by atoms with Crippen LogP contribution in [0.4, 0.5) is 0 Å². The van der Waals surface area contributed by atoms with E-state index >= 15 is 0 Å². The van der Waals surface area contributed by atoms with Crippen molar-refractivity contribution in [2.24, 2.45) is 0 Å². The number of aliphatic hydroxyl groups is 1. The number of carbonyl (C=O) groups excluding carboxylic acids is 1. The quantitative estimate of drug-likeness (QED) is 0.390. The second kappa shape index (κ2) is 12.6. The van der Waals surface area contributed by atoms with E-state index in [0.29, 0.717) is 40.1 Å². The Hall–Kier alpha value is -4.05. The summed E-state index contributed by atoms with van der Waals surface area (Å²) in [4.78, 5) is 30.5. The Morgan fingerprint density at radius 1 is 1.00 bits per heavy atom. The van der Waals surface area contributed by atoms with Crippen LogP contribution in [0.2, 0.25) is 0 Å². The summed E-state index contributed by atoms with van der Waals surface area (Å²) in [5, 5.41) is 12.2. The van der Waals surface area contributed by atoms with Gasteiger partial charge in [0.25, 0.3) is 5.56 Å². The van der Waals surface area contributed by atoms with Gasteiger partial charge in [-0.25, -0.2) is 4.98 Å². The lowest BCUT2D eigenvalue weighted by atomic mass is 10.1. The maximum Gasteiger partial charge on any atom is 0.257 e. The minimum Gasteiger partial charge on any atom is -0.497 e. The van der Waals surface area contributed by atoms with Crippen molar-refractivity contribution in [3.63, 3.8) is 0 Å². The molecule has 0 saturated heterocycles. The number of carbonyl (C=O) groups is 1. The highest BCUT2D eigenvalue weighted by Gasteiger charge is 2.17. The highest BCUT2D eigenvalue weighted by atomic mass is 16.5. The van der Waals surface area contributed by atoms with Crippen LogP contribution < -0.4 is 29.8 Å². The number of aryl methyl sites for hydroxylation is 1. The molecule has 1 heterocycles. The van der Waals surface area contributed by atoms with E-state index in [4.69, 9.17) is 18.9 Å². The number of rotatable bonds is 12. The van der Waals surface area contributed by atoms with Gasteiger partial charge in [-0.3, -0.25) is 14.2 Å². The number of nitrogens with one attached hydrogen (secondary N) is 1. The molecule has 0 unspecified atom stereocenters. The molecule has 0 spiro atoms. The van der Waals surface area contributed by atoms with E-state index in [1.807, 2.05) is 6.07 Å². The molecular weight excluding hydrogens is 466 g/mol. The van der Waals surface area contributed by atoms with Crippen molar-refractivity contribution in [3.05, 3.63) is 75.5 Å². The van der Waals surface area contributed by atoms with Gasteiger partial charge in [0.15, 0.2) is 11.5 Å². The van der Waals surface area contributed by atoms with E-state index in [-0.39, 0.29) is 44.2 Å². The molecule has 1 amide bonds. The molecule has 10 nitrogen and oxygen atoms in total. The largest absolute Gasteiger partial charge is 0.497 e. The van der Waals surface area contributed by atoms with E-state index in [9.17, 15) is 14.7 Å². The van der Waals surface area contributed by atoms with Crippen LogP contribution in [-0.4, -0.2) is 48.5 Å². The highest BCUT2D eigenvalue weighted by molar-refractivity contribution is 5.75. The maximum absolute atomic E-state index is 13.2. The van der Waals surface area contributed by atoms with Crippen molar-refractivity contribution >= 4 is 5.91 Å². The summed E-state index contributed by atoms with van der Waals surface area (Å²) in [5.74, 6) is 2.31. The molecule has 0 fully saturated rings. The van der Waals surface area contributed by atoms with Gasteiger partial charge in [0.1, 0.15) is 30.5 Å². The Kier molecular flexibility index (Phi) is 9.29. The molecule has 10 heteroatoms. The van der Waals surface area contributed by atoms with Gasteiger partial charge in [0.2, 0.25) is 5.91 Å². The van der Waals surface area contributed by atoms with Crippen molar-refractivity contribution in [1.29, 1.82) is 0 Å². The first-order valence-electron chi connectivity index (χ1n) is 11.3. The number of amides is 1. The minimum atomic E-state index is -0.383. The van der Waals surface area contributed by atoms with Crippen molar-refractivity contribution in [3.8, 4) is 23.0 Å². The average Bonchev–Trinajstić information content (AvgIpc) is 2.90. The van der Waals surface area contributed by atoms with E-state index in [1.165, 1.54) is 11.7 Å². The lowest BCUT2D eigenvalue weighted by Gasteiger charge is -2.16. The lowest BCUT2D eigenvalue weighted by molar-refractivity contribution is -0.121. The van der Waals surface area contributed by atoms with Gasteiger partial charge >= 0.3 is 0 Å². The number of hydrogen-bond acceptors (Lipinski definition) is 8. The molecule has 3 rings (SSSR count). The van der Waals surface area contributed by atoms with Crippen LogP contribution in [0.5, 0.6) is 23.0 Å². The van der Waals surface area contributed by atoms with Gasteiger partial charge < -0.3 is 29.4 Å². The first-order valence-corrected chi connectivity index (χ1v) is 11.3. The van der Waals surface area contributed by atoms with Crippen molar-refractivity contribution in [2.45, 2.75) is 33.0 Å². The van der Waals surface area contributed by atoms with Crippen LogP contribution >= 0.6 is 0 Å². The first-order chi connectivity index (χ1) is 17.4. The summed E-state index contributed by atoms with van der Waals surface area (Å²) >= 11 is 0. The number of hydrogen-bond donors (Lipinski definition) is 2. The molecule has 1 aromatic heterocycles. The third kappa shape index (κ3) is 6.54. The Bertz CT molecular complexity index is 1240. The van der Waals surface area contributed by atoms with E-state index in [2.05, 4.69) is 10.3 Å². The zero-order valence-corrected chi connectivity index (χ0v) is 20.9. The molecule has 0 aliphatic carbocycles. The Balaban J connectivity index is 1.78. The molecular formula is C26H31N3O7. The Morgan fingerprint density at radius 3 is 2.33 bits per heavy atom. The second-order valence-electron chi connectivity index (χ2n) is 7.89. The SMILES string of the molecule is COc1ccc(OCc2nc(C)c(CCO)c(=O)n2CC(=O)NCc2ccc(OC)c(OC)c2)cc1. The predicted molar refractivity (Wildman–Crippen MR) is 133 cm³/mol. The van der Waals surface area contributed by atoms with Gasteiger partial charge in [-0.1, -0.05) is 6.07 Å². The summed E-state index contributed by atoms with van der Waals surface area (Å²) in [5.41, 5.74) is 1.27. The summed E-state index contributed by atoms with van der Waals surface area (Å²) in [7, 11) is 4.66. The predicted octanol–water partition coefficient (Wildman–Crippen LogP) is 2.01. The fourth-order valence-corrected chi connectivity index (χ4v) is 3.64. The van der Waals surface area contributed by atoms with Gasteiger partial charge in [-0.15, -0.1) is 0 Å². The van der Waals surface area contributed by atoms with Gasteiger partial charge in [0, 0.05) is 30.8 Å². The standard InChI is InChI=1S/C26H31N3O7/c1-17-21(11-12-30)26(32)29(24(28-17)16-36-20-8-6-19(33-2)7-9-20)15-25(31)27-14-18-5-10-22(34-3)23(13-18)35-4/h5-10,13,30H,11-12,14-16H2,1-4H3,(H,27,31). The summed E-state index contributed by atoms with van der Waals surface area (Å²) in [6.45, 7) is 1.45. The maximum atomic E-state index is 13.2. The van der Waals surface area contributed by atoms with Crippen molar-refractivity contribution in [2.75, 3.05) is 27.9 Å². The molecule has 36 heavy (non-hydrogen) atoms. The molecule has 2 N–H and O–H groups in total. The number of benzene rings is 2. The topological polar surface area (TPSA) is 121 Å². The van der Waals surface area contributed by atoms with Gasteiger partial charge in [-0.05, 0) is 48.9 Å². The van der Waals surface area contributed by atoms with E-state index in [1.54, 1.807) is 57.5 Å². The smallest absolute Gasteiger partial charge is 0.257 e. The molecule has 0 aliphatic rings. The van der Waals surface area contributed by atoms with E-state index < -0.39 is 0 Å². The number of aromatic nitrogens is 2. The zero-order valence-electron chi connectivity index (χ0n) is 20.9. The van der Waals surface area contributed by atoms with Crippen LogP contribution in [0.15, 0.2) is 47.3 Å². The summed E-state index contributed by atoms with van der Waals surface area (Å²) in [6.07, 6.45) is 0.143. The highest BCUT2D eigenvalue weighted by Crippen LogP contribution is 2.27. The third-order valence-electron chi connectivity index (χ3n) is 5.58. The fraction of sp³-hybridized carbons (Fsp3) is 0.346. The molecule has 0 radical (unpaired) electrons. The molecule has 192 valence electrons. The van der Waals surface area contributed by atoms with Gasteiger partial charge in [-0.2, -0.15) is 0 Å². The lowest BCUT2D eigenvalue weighted by Crippen LogP contribution is -2.37. The van der Waals surface area contributed by atoms with Crippen LogP contribution in [0, 0.1) is 6.92 Å². The molecule has 0 bridgehead atoms. The number of ether oxygens (including phenoxy) is 4. The normalized spacial score (nSPS) is 10.6. The molecule has 0 saturated carbocycles. The Labute approximate surface area is 209 Å². The van der Waals surface area contributed by atoms with E-state index in [0.717, 1.165) is 5.56 Å². The second-order valence-corrected chi connectivity index (χ2v) is 7.89. The summed E-state index contributed by atoms with van der Waals surface area (Å²) < 4.78 is 22.8. The number of methoxy groups -OCH3 is 3. The molecule has 3 aromatic rings. The Morgan fingerprint density at radius 2 is 1.69 bits per heavy atom. The monoisotopic (exact) mass is 497 g/mol. The van der Waals surface area contributed by atoms with Crippen LogP contribution in [0.1, 0.15) is 22.6 Å². The van der Waals surface area contributed by atoms with Crippen molar-refractivity contribution < 1.29 is 28.8 Å². The summed E-state index contributed by atoms with van der Waals surface area (Å²) in [6, 6.07) is 12.3. The van der Waals surface area contributed by atoms with Crippen molar-refractivity contribution in [1.82, 2.24) is 14.9 Å². The molecule has 2 aromatic carbocycles.